The molecule has 1 aromatic rings. The largest absolute Gasteiger partial charge is 0.460 e. The van der Waals surface area contributed by atoms with E-state index in [4.69, 9.17) is 4.74 Å². The summed E-state index contributed by atoms with van der Waals surface area (Å²) in [6.45, 7) is 8.73. The maximum absolute atomic E-state index is 11.8. The molecule has 2 aliphatic carbocycles. The van der Waals surface area contributed by atoms with E-state index in [2.05, 4.69) is 54.0 Å². The van der Waals surface area contributed by atoms with Gasteiger partial charge in [0.1, 0.15) is 5.60 Å². The first-order valence-electron chi connectivity index (χ1n) is 11.8. The molecule has 0 amide bonds. The van der Waals surface area contributed by atoms with Crippen LogP contribution in [-0.4, -0.2) is 36.2 Å². The van der Waals surface area contributed by atoms with Crippen LogP contribution in [0.4, 0.5) is 0 Å². The molecule has 0 unspecified atom stereocenters. The molecule has 1 aromatic carbocycles. The number of carbonyl (C=O) groups excluding carboxylic acids is 1. The number of carbonyl (C=O) groups is 1. The first-order chi connectivity index (χ1) is 14.3. The lowest BCUT2D eigenvalue weighted by Crippen LogP contribution is -2.41. The Bertz CT molecular complexity index is 699. The van der Waals surface area contributed by atoms with Crippen molar-refractivity contribution in [1.29, 1.82) is 0 Å². The quantitative estimate of drug-likeness (QED) is 0.555. The van der Waals surface area contributed by atoms with Gasteiger partial charge in [0.25, 0.3) is 0 Å². The maximum Gasteiger partial charge on any atom is 0.307 e. The van der Waals surface area contributed by atoms with Gasteiger partial charge in [0.2, 0.25) is 0 Å². The molecule has 2 fully saturated rings. The Morgan fingerprint density at radius 2 is 1.77 bits per heavy atom. The lowest BCUT2D eigenvalue weighted by molar-refractivity contribution is -0.154. The minimum Gasteiger partial charge on any atom is -0.460 e. The molecule has 166 valence electrons. The van der Waals surface area contributed by atoms with Gasteiger partial charge in [-0.3, -0.25) is 4.79 Å². The molecule has 2 atom stereocenters. The molecule has 2 aliphatic rings. The van der Waals surface area contributed by atoms with E-state index in [0.29, 0.717) is 37.0 Å². The Morgan fingerprint density at radius 3 is 2.40 bits per heavy atom. The van der Waals surface area contributed by atoms with Crippen molar-refractivity contribution >= 4 is 12.0 Å². The Morgan fingerprint density at radius 1 is 1.10 bits per heavy atom. The molecule has 0 radical (unpaired) electrons. The predicted molar refractivity (Wildman–Crippen MR) is 124 cm³/mol. The van der Waals surface area contributed by atoms with Crippen molar-refractivity contribution in [2.75, 3.05) is 6.54 Å². The third-order valence-corrected chi connectivity index (χ3v) is 6.19. The third kappa shape index (κ3) is 7.55. The summed E-state index contributed by atoms with van der Waals surface area (Å²) in [5, 5.41) is 7.47. The van der Waals surface area contributed by atoms with Crippen LogP contribution in [0.15, 0.2) is 35.9 Å². The molecule has 3 rings (SSSR count). The van der Waals surface area contributed by atoms with Crippen LogP contribution in [0.3, 0.4) is 0 Å². The summed E-state index contributed by atoms with van der Waals surface area (Å²) in [6.07, 6.45) is 10.1. The highest BCUT2D eigenvalue weighted by Gasteiger charge is 2.40. The first kappa shape index (κ1) is 23.0. The summed E-state index contributed by atoms with van der Waals surface area (Å²) in [5.74, 6) is 0.597. The molecule has 0 aromatic heterocycles. The molecule has 30 heavy (non-hydrogen) atoms. The Hall–Kier alpha value is -1.65. The van der Waals surface area contributed by atoms with Crippen molar-refractivity contribution in [1.82, 2.24) is 10.6 Å². The highest BCUT2D eigenvalue weighted by atomic mass is 16.6. The number of hydrogen-bond acceptors (Lipinski definition) is 4. The van der Waals surface area contributed by atoms with E-state index >= 15 is 0 Å². The van der Waals surface area contributed by atoms with Gasteiger partial charge in [-0.15, -0.1) is 0 Å². The van der Waals surface area contributed by atoms with Crippen LogP contribution >= 0.6 is 0 Å². The van der Waals surface area contributed by atoms with E-state index in [9.17, 15) is 4.79 Å². The van der Waals surface area contributed by atoms with Gasteiger partial charge >= 0.3 is 5.97 Å². The van der Waals surface area contributed by atoms with Crippen LogP contribution in [0.1, 0.15) is 78.2 Å². The lowest BCUT2D eigenvalue weighted by atomic mass is 9.91. The first-order valence-corrected chi connectivity index (χ1v) is 11.8. The minimum absolute atomic E-state index is 0.111. The summed E-state index contributed by atoms with van der Waals surface area (Å²) in [7, 11) is 0. The van der Waals surface area contributed by atoms with Crippen LogP contribution in [0, 0.1) is 5.92 Å². The lowest BCUT2D eigenvalue weighted by Gasteiger charge is -2.30. The molecule has 2 saturated carbocycles. The van der Waals surface area contributed by atoms with Crippen LogP contribution in [0.25, 0.3) is 6.08 Å². The van der Waals surface area contributed by atoms with E-state index in [1.165, 1.54) is 37.7 Å². The molecular formula is C26H40N2O2. The second-order valence-corrected chi connectivity index (χ2v) is 9.94. The molecule has 4 nitrogen and oxygen atoms in total. The normalized spacial score (nSPS) is 27.0. The molecule has 0 aliphatic heterocycles. The topological polar surface area (TPSA) is 50.4 Å². The number of benzene rings is 1. The van der Waals surface area contributed by atoms with Gasteiger partial charge in [-0.2, -0.15) is 0 Å². The maximum atomic E-state index is 11.8. The predicted octanol–water partition coefficient (Wildman–Crippen LogP) is 5.09. The smallest absolute Gasteiger partial charge is 0.307 e. The van der Waals surface area contributed by atoms with Gasteiger partial charge in [-0.1, -0.05) is 48.9 Å². The van der Waals surface area contributed by atoms with E-state index in [-0.39, 0.29) is 5.97 Å². The molecular weight excluding hydrogens is 372 g/mol. The Labute approximate surface area is 182 Å². The standard InChI is InChI=1S/C26H40N2O2/c1-5-20(17-19-9-7-6-8-10-19)23-18-24(23)28-22-13-11-21(12-14-22)27-16-15-25(29)30-26(2,3)4/h6-10,17,21-24,27-28H,5,11-16,18H2,1-4H3/t21-,22-,23-,24+/m0/s1. The SMILES string of the molecule is CCC(=Cc1ccccc1)[C@@H]1C[C@H]1N[C@H]1CC[C@H](NCCC(=O)OC(C)(C)C)CC1. The highest BCUT2D eigenvalue weighted by Crippen LogP contribution is 2.40. The van der Waals surface area contributed by atoms with Gasteiger partial charge in [-0.25, -0.2) is 0 Å². The van der Waals surface area contributed by atoms with Crippen molar-refractivity contribution in [2.45, 2.75) is 96.4 Å². The average Bonchev–Trinajstić information content (AvgIpc) is 3.46. The van der Waals surface area contributed by atoms with E-state index in [1.54, 1.807) is 5.57 Å². The summed E-state index contributed by atoms with van der Waals surface area (Å²) in [4.78, 5) is 11.8. The molecule has 0 heterocycles. The number of ether oxygens (including phenoxy) is 1. The zero-order valence-corrected chi connectivity index (χ0v) is 19.2. The van der Waals surface area contributed by atoms with Crippen LogP contribution < -0.4 is 10.6 Å². The van der Waals surface area contributed by atoms with Gasteiger partial charge in [0.05, 0.1) is 6.42 Å². The summed E-state index contributed by atoms with van der Waals surface area (Å²) in [6, 6.07) is 12.5. The van der Waals surface area contributed by atoms with Gasteiger partial charge in [-0.05, 0) is 70.8 Å². The summed E-state index contributed by atoms with van der Waals surface area (Å²) < 4.78 is 5.38. The molecule has 4 heteroatoms. The summed E-state index contributed by atoms with van der Waals surface area (Å²) >= 11 is 0. The minimum atomic E-state index is -0.393. The van der Waals surface area contributed by atoms with Crippen LogP contribution in [-0.2, 0) is 9.53 Å². The third-order valence-electron chi connectivity index (χ3n) is 6.19. The molecule has 0 spiro atoms. The van der Waals surface area contributed by atoms with E-state index < -0.39 is 5.60 Å². The molecule has 0 bridgehead atoms. The van der Waals surface area contributed by atoms with E-state index in [1.807, 2.05) is 20.8 Å². The highest BCUT2D eigenvalue weighted by molar-refractivity contribution is 5.70. The van der Waals surface area contributed by atoms with Crippen LogP contribution in [0.2, 0.25) is 0 Å². The van der Waals surface area contributed by atoms with Gasteiger partial charge < -0.3 is 15.4 Å². The number of rotatable bonds is 9. The fourth-order valence-electron chi connectivity index (χ4n) is 4.56. The fraction of sp³-hybridized carbons (Fsp3) is 0.654. The van der Waals surface area contributed by atoms with Gasteiger partial charge in [0, 0.05) is 24.7 Å². The van der Waals surface area contributed by atoms with Crippen molar-refractivity contribution in [3.63, 3.8) is 0 Å². The summed E-state index contributed by atoms with van der Waals surface area (Å²) in [5.41, 5.74) is 2.50. The Balaban J connectivity index is 1.34. The van der Waals surface area contributed by atoms with Crippen molar-refractivity contribution in [2.24, 2.45) is 5.92 Å². The average molecular weight is 413 g/mol. The second kappa shape index (κ2) is 10.6. The number of hydrogen-bond donors (Lipinski definition) is 2. The molecule has 0 saturated heterocycles. The van der Waals surface area contributed by atoms with Crippen molar-refractivity contribution in [3.8, 4) is 0 Å². The van der Waals surface area contributed by atoms with Gasteiger partial charge in [0.15, 0.2) is 0 Å². The number of nitrogens with one attached hydrogen (secondary N) is 2. The number of esters is 1. The monoisotopic (exact) mass is 412 g/mol. The van der Waals surface area contributed by atoms with Crippen molar-refractivity contribution in [3.05, 3.63) is 41.5 Å². The fourth-order valence-corrected chi connectivity index (χ4v) is 4.56. The Kier molecular flexibility index (Phi) is 8.13. The zero-order valence-electron chi connectivity index (χ0n) is 19.2. The zero-order chi connectivity index (χ0) is 21.6. The van der Waals surface area contributed by atoms with Crippen molar-refractivity contribution < 1.29 is 9.53 Å². The molecule has 2 N–H and O–H groups in total. The van der Waals surface area contributed by atoms with E-state index in [0.717, 1.165) is 6.42 Å². The second-order valence-electron chi connectivity index (χ2n) is 9.94. The van der Waals surface area contributed by atoms with Crippen LogP contribution in [0.5, 0.6) is 0 Å².